The molecular formula is C32H42O6. The van der Waals surface area contributed by atoms with Crippen LogP contribution < -0.4 is 0 Å². The van der Waals surface area contributed by atoms with Gasteiger partial charge in [-0.2, -0.15) is 0 Å². The molecule has 6 heteroatoms. The molecule has 0 radical (unpaired) electrons. The zero-order valence-corrected chi connectivity index (χ0v) is 23.1. The summed E-state index contributed by atoms with van der Waals surface area (Å²) in [5.74, 6) is 0. The predicted octanol–water partition coefficient (Wildman–Crippen LogP) is 6.73. The van der Waals surface area contributed by atoms with Crippen molar-refractivity contribution in [3.8, 4) is 0 Å². The van der Waals surface area contributed by atoms with Crippen LogP contribution in [0.2, 0.25) is 0 Å². The number of benzene rings is 3. The molecule has 38 heavy (non-hydrogen) atoms. The summed E-state index contributed by atoms with van der Waals surface area (Å²) < 4.78 is 36.0. The van der Waals surface area contributed by atoms with Crippen molar-refractivity contribution in [2.75, 3.05) is 19.8 Å². The number of rotatable bonds is 18. The van der Waals surface area contributed by atoms with Gasteiger partial charge in [-0.15, -0.1) is 0 Å². The highest BCUT2D eigenvalue weighted by atomic mass is 16.7. The van der Waals surface area contributed by atoms with E-state index in [0.717, 1.165) is 16.7 Å². The fourth-order valence-electron chi connectivity index (χ4n) is 3.59. The molecule has 3 rings (SSSR count). The minimum Gasteiger partial charge on any atom is -0.352 e. The highest BCUT2D eigenvalue weighted by molar-refractivity contribution is 5.14. The SMILES string of the molecule is CC(OCc1ccccc1)OCC(C)(COC(C)OCc1ccccc1)COC(C)OCc1ccccc1. The summed E-state index contributed by atoms with van der Waals surface area (Å²) in [5, 5.41) is 0. The molecule has 0 aliphatic heterocycles. The van der Waals surface area contributed by atoms with E-state index in [1.807, 2.05) is 112 Å². The molecule has 0 aliphatic rings. The molecule has 206 valence electrons. The van der Waals surface area contributed by atoms with Crippen molar-refractivity contribution in [2.45, 2.75) is 66.4 Å². The molecule has 3 aromatic carbocycles. The molecule has 0 heterocycles. The van der Waals surface area contributed by atoms with Crippen molar-refractivity contribution in [2.24, 2.45) is 5.41 Å². The van der Waals surface area contributed by atoms with Gasteiger partial charge < -0.3 is 28.4 Å². The Hall–Kier alpha value is -2.58. The summed E-state index contributed by atoms with van der Waals surface area (Å²) in [7, 11) is 0. The van der Waals surface area contributed by atoms with Crippen LogP contribution in [-0.4, -0.2) is 38.7 Å². The number of ether oxygens (including phenoxy) is 6. The lowest BCUT2D eigenvalue weighted by Gasteiger charge is -2.32. The summed E-state index contributed by atoms with van der Waals surface area (Å²) in [4.78, 5) is 0. The van der Waals surface area contributed by atoms with Gasteiger partial charge in [0.2, 0.25) is 0 Å². The van der Waals surface area contributed by atoms with E-state index in [0.29, 0.717) is 39.6 Å². The molecule has 0 bridgehead atoms. The second-order valence-electron chi connectivity index (χ2n) is 9.84. The van der Waals surface area contributed by atoms with Crippen LogP contribution in [0.1, 0.15) is 44.4 Å². The molecule has 3 unspecified atom stereocenters. The van der Waals surface area contributed by atoms with Gasteiger partial charge in [0.05, 0.1) is 39.6 Å². The van der Waals surface area contributed by atoms with Crippen molar-refractivity contribution in [3.05, 3.63) is 108 Å². The first kappa shape index (κ1) is 30.0. The van der Waals surface area contributed by atoms with Crippen LogP contribution in [0.25, 0.3) is 0 Å². The highest BCUT2D eigenvalue weighted by Gasteiger charge is 2.29. The predicted molar refractivity (Wildman–Crippen MR) is 148 cm³/mol. The average molecular weight is 523 g/mol. The van der Waals surface area contributed by atoms with E-state index in [9.17, 15) is 0 Å². The first-order valence-corrected chi connectivity index (χ1v) is 13.2. The monoisotopic (exact) mass is 522 g/mol. The third kappa shape index (κ3) is 11.9. The number of hydrogen-bond donors (Lipinski definition) is 0. The maximum Gasteiger partial charge on any atom is 0.155 e. The summed E-state index contributed by atoms with van der Waals surface area (Å²) in [6.07, 6.45) is -1.14. The Kier molecular flexibility index (Phi) is 12.9. The van der Waals surface area contributed by atoms with Crippen molar-refractivity contribution < 1.29 is 28.4 Å². The zero-order chi connectivity index (χ0) is 27.1. The van der Waals surface area contributed by atoms with Crippen molar-refractivity contribution >= 4 is 0 Å². The van der Waals surface area contributed by atoms with Crippen LogP contribution in [0, 0.1) is 5.41 Å². The van der Waals surface area contributed by atoms with Gasteiger partial charge in [-0.05, 0) is 37.5 Å². The van der Waals surface area contributed by atoms with E-state index < -0.39 is 5.41 Å². The average Bonchev–Trinajstić information content (AvgIpc) is 2.96. The summed E-state index contributed by atoms with van der Waals surface area (Å²) in [6, 6.07) is 30.2. The molecule has 0 saturated heterocycles. The molecular weight excluding hydrogens is 480 g/mol. The molecule has 0 fully saturated rings. The fourth-order valence-corrected chi connectivity index (χ4v) is 3.59. The Morgan fingerprint density at radius 3 is 0.974 bits per heavy atom. The lowest BCUT2D eigenvalue weighted by atomic mass is 9.94. The number of hydrogen-bond acceptors (Lipinski definition) is 6. The second kappa shape index (κ2) is 16.4. The third-order valence-electron chi connectivity index (χ3n) is 5.98. The Labute approximate surface area is 227 Å². The van der Waals surface area contributed by atoms with Crippen LogP contribution in [0.3, 0.4) is 0 Å². The third-order valence-corrected chi connectivity index (χ3v) is 5.98. The smallest absolute Gasteiger partial charge is 0.155 e. The standard InChI is InChI=1S/C32H42O6/c1-26(33-20-29-14-8-5-9-15-29)36-23-32(4,24-37-27(2)34-21-30-16-10-6-11-17-30)25-38-28(3)35-22-31-18-12-7-13-19-31/h5-19,26-28H,20-25H2,1-4H3. The molecule has 0 aromatic heterocycles. The molecule has 3 aromatic rings. The topological polar surface area (TPSA) is 55.4 Å². The van der Waals surface area contributed by atoms with Crippen molar-refractivity contribution in [1.29, 1.82) is 0 Å². The van der Waals surface area contributed by atoms with E-state index in [-0.39, 0.29) is 18.9 Å². The van der Waals surface area contributed by atoms with E-state index in [4.69, 9.17) is 28.4 Å². The molecule has 3 atom stereocenters. The first-order valence-electron chi connectivity index (χ1n) is 13.2. The van der Waals surface area contributed by atoms with Gasteiger partial charge in [-0.3, -0.25) is 0 Å². The Bertz CT molecular complexity index is 868. The van der Waals surface area contributed by atoms with Gasteiger partial charge in [0.25, 0.3) is 0 Å². The minimum atomic E-state index is -0.445. The molecule has 0 saturated carbocycles. The van der Waals surface area contributed by atoms with Crippen LogP contribution in [0.5, 0.6) is 0 Å². The van der Waals surface area contributed by atoms with Gasteiger partial charge in [-0.1, -0.05) is 97.9 Å². The fraction of sp³-hybridized carbons (Fsp3) is 0.438. The maximum absolute atomic E-state index is 6.09. The van der Waals surface area contributed by atoms with Crippen LogP contribution in [-0.2, 0) is 48.2 Å². The normalized spacial score (nSPS) is 15.5. The Balaban J connectivity index is 1.48. The van der Waals surface area contributed by atoms with Gasteiger partial charge in [0, 0.05) is 5.41 Å². The summed E-state index contributed by atoms with van der Waals surface area (Å²) in [5.41, 5.74) is 2.86. The van der Waals surface area contributed by atoms with E-state index in [1.165, 1.54) is 0 Å². The van der Waals surface area contributed by atoms with Gasteiger partial charge in [0.1, 0.15) is 0 Å². The van der Waals surface area contributed by atoms with Crippen molar-refractivity contribution in [3.63, 3.8) is 0 Å². The maximum atomic E-state index is 6.09. The van der Waals surface area contributed by atoms with Crippen LogP contribution in [0.4, 0.5) is 0 Å². The molecule has 0 amide bonds. The van der Waals surface area contributed by atoms with E-state index in [2.05, 4.69) is 6.92 Å². The lowest BCUT2D eigenvalue weighted by molar-refractivity contribution is -0.212. The molecule has 6 nitrogen and oxygen atoms in total. The van der Waals surface area contributed by atoms with E-state index in [1.54, 1.807) is 0 Å². The zero-order valence-electron chi connectivity index (χ0n) is 23.1. The van der Waals surface area contributed by atoms with Crippen LogP contribution >= 0.6 is 0 Å². The molecule has 0 aliphatic carbocycles. The largest absolute Gasteiger partial charge is 0.352 e. The second-order valence-corrected chi connectivity index (χ2v) is 9.84. The van der Waals surface area contributed by atoms with E-state index >= 15 is 0 Å². The Morgan fingerprint density at radius 2 is 0.711 bits per heavy atom. The quantitative estimate of drug-likeness (QED) is 0.173. The first-order chi connectivity index (χ1) is 18.4. The Morgan fingerprint density at radius 1 is 0.447 bits per heavy atom. The lowest BCUT2D eigenvalue weighted by Crippen LogP contribution is -2.38. The summed E-state index contributed by atoms with van der Waals surface area (Å²) in [6.45, 7) is 10.4. The van der Waals surface area contributed by atoms with Gasteiger partial charge in [0.15, 0.2) is 18.9 Å². The molecule has 0 N–H and O–H groups in total. The summed E-state index contributed by atoms with van der Waals surface area (Å²) >= 11 is 0. The van der Waals surface area contributed by atoms with Crippen molar-refractivity contribution in [1.82, 2.24) is 0 Å². The highest BCUT2D eigenvalue weighted by Crippen LogP contribution is 2.22. The molecule has 0 spiro atoms. The van der Waals surface area contributed by atoms with Gasteiger partial charge in [-0.25, -0.2) is 0 Å². The van der Waals surface area contributed by atoms with Gasteiger partial charge >= 0.3 is 0 Å². The van der Waals surface area contributed by atoms with Crippen LogP contribution in [0.15, 0.2) is 91.0 Å². The minimum absolute atomic E-state index is 0.381.